The Hall–Kier alpha value is -4.60. The lowest BCUT2D eigenvalue weighted by atomic mass is 10.3. The fourth-order valence-electron chi connectivity index (χ4n) is 2.83. The van der Waals surface area contributed by atoms with Gasteiger partial charge in [0.25, 0.3) is 0 Å². The molecule has 10 heteroatoms. The van der Waals surface area contributed by atoms with E-state index in [1.807, 2.05) is 39.0 Å². The molecule has 33 heavy (non-hydrogen) atoms. The molecule has 0 aliphatic heterocycles. The van der Waals surface area contributed by atoms with Crippen LogP contribution in [0.5, 0.6) is 0 Å². The Bertz CT molecular complexity index is 1340. The number of aryl methyl sites for hydroxylation is 3. The molecular weight excluding hydrogens is 416 g/mol. The van der Waals surface area contributed by atoms with Crippen LogP contribution >= 0.6 is 0 Å². The predicted octanol–water partition coefficient (Wildman–Crippen LogP) is 3.39. The van der Waals surface area contributed by atoms with Crippen LogP contribution in [0, 0.1) is 20.8 Å². The molecule has 0 fully saturated rings. The molecule has 0 amide bonds. The van der Waals surface area contributed by atoms with Crippen molar-refractivity contribution >= 4 is 33.1 Å². The van der Waals surface area contributed by atoms with Crippen molar-refractivity contribution in [3.05, 3.63) is 85.2 Å². The van der Waals surface area contributed by atoms with Gasteiger partial charge in [0.05, 0.1) is 41.5 Å². The highest BCUT2D eigenvalue weighted by molar-refractivity contribution is 5.76. The highest BCUT2D eigenvalue weighted by Gasteiger charge is 1.95. The van der Waals surface area contributed by atoms with Crippen molar-refractivity contribution in [2.75, 3.05) is 0 Å². The SMILES string of the molecule is Cc1cc2cncnc2cn1.Cc1ccc2ncncc2n1.Cc1cnc2ncncc2n1. The largest absolute Gasteiger partial charge is 0.259 e. The van der Waals surface area contributed by atoms with Crippen molar-refractivity contribution in [2.24, 2.45) is 0 Å². The zero-order chi connectivity index (χ0) is 23.0. The quantitative estimate of drug-likeness (QED) is 0.349. The number of fused-ring (bicyclic) bond motifs is 3. The molecule has 0 saturated carbocycles. The van der Waals surface area contributed by atoms with E-state index in [-0.39, 0.29) is 0 Å². The number of hydrogen-bond acceptors (Lipinski definition) is 10. The Morgan fingerprint density at radius 1 is 0.485 bits per heavy atom. The smallest absolute Gasteiger partial charge is 0.181 e. The monoisotopic (exact) mass is 436 g/mol. The zero-order valence-electron chi connectivity index (χ0n) is 18.3. The van der Waals surface area contributed by atoms with Crippen molar-refractivity contribution in [1.82, 2.24) is 49.8 Å². The molecule has 162 valence electrons. The standard InChI is InChI=1S/2C8H7N3.C7H6N4/c1-6-2-7-3-9-5-11-8(7)4-10-6;1-6-2-3-7-8(11-6)4-9-5-10-7;1-5-2-9-7-6(11-5)3-8-4-10-7/h2*2-5H,1H3;2-4H,1H3. The maximum absolute atomic E-state index is 4.25. The van der Waals surface area contributed by atoms with E-state index in [2.05, 4.69) is 49.8 Å². The fourth-order valence-corrected chi connectivity index (χ4v) is 2.83. The number of aromatic nitrogens is 10. The van der Waals surface area contributed by atoms with Crippen LogP contribution in [0.25, 0.3) is 33.1 Å². The van der Waals surface area contributed by atoms with Crippen molar-refractivity contribution < 1.29 is 0 Å². The molecule has 0 unspecified atom stereocenters. The summed E-state index contributed by atoms with van der Waals surface area (Å²) in [5, 5.41) is 1.04. The van der Waals surface area contributed by atoms with Gasteiger partial charge in [0.1, 0.15) is 30.0 Å². The lowest BCUT2D eigenvalue weighted by molar-refractivity contribution is 1.11. The van der Waals surface area contributed by atoms with Crippen LogP contribution in [-0.4, -0.2) is 49.8 Å². The lowest BCUT2D eigenvalue weighted by Gasteiger charge is -1.94. The minimum absolute atomic E-state index is 0.644. The van der Waals surface area contributed by atoms with Crippen LogP contribution in [0.4, 0.5) is 0 Å². The van der Waals surface area contributed by atoms with E-state index in [1.54, 1.807) is 31.0 Å². The molecule has 0 radical (unpaired) electrons. The van der Waals surface area contributed by atoms with Crippen LogP contribution in [0.3, 0.4) is 0 Å². The van der Waals surface area contributed by atoms with Crippen LogP contribution in [-0.2, 0) is 0 Å². The first-order chi connectivity index (χ1) is 16.1. The Balaban J connectivity index is 0.000000118. The second kappa shape index (κ2) is 10.1. The molecule has 0 atom stereocenters. The second-order valence-electron chi connectivity index (χ2n) is 7.03. The Morgan fingerprint density at radius 3 is 2.03 bits per heavy atom. The highest BCUT2D eigenvalue weighted by Crippen LogP contribution is 2.08. The van der Waals surface area contributed by atoms with E-state index < -0.39 is 0 Å². The van der Waals surface area contributed by atoms with Gasteiger partial charge in [-0.25, -0.2) is 44.9 Å². The second-order valence-corrected chi connectivity index (χ2v) is 7.03. The molecule has 10 nitrogen and oxygen atoms in total. The van der Waals surface area contributed by atoms with Gasteiger partial charge < -0.3 is 0 Å². The molecule has 0 N–H and O–H groups in total. The first kappa shape index (κ1) is 21.6. The molecule has 6 rings (SSSR count). The molecule has 0 aliphatic carbocycles. The van der Waals surface area contributed by atoms with Crippen LogP contribution in [0.1, 0.15) is 17.1 Å². The molecule has 6 aromatic rings. The molecule has 0 aromatic carbocycles. The van der Waals surface area contributed by atoms with Gasteiger partial charge in [-0.1, -0.05) is 0 Å². The van der Waals surface area contributed by atoms with Gasteiger partial charge in [-0.3, -0.25) is 4.98 Å². The summed E-state index contributed by atoms with van der Waals surface area (Å²) in [6.45, 7) is 5.79. The first-order valence-corrected chi connectivity index (χ1v) is 10.0. The van der Waals surface area contributed by atoms with E-state index in [0.29, 0.717) is 5.65 Å². The molecule has 0 aliphatic rings. The number of pyridine rings is 2. The van der Waals surface area contributed by atoms with E-state index in [4.69, 9.17) is 0 Å². The molecular formula is C23H20N10. The minimum atomic E-state index is 0.644. The van der Waals surface area contributed by atoms with Crippen LogP contribution < -0.4 is 0 Å². The van der Waals surface area contributed by atoms with E-state index in [1.165, 1.54) is 19.0 Å². The summed E-state index contributed by atoms with van der Waals surface area (Å²) in [6.07, 6.45) is 13.1. The van der Waals surface area contributed by atoms with Gasteiger partial charge >= 0.3 is 0 Å². The van der Waals surface area contributed by atoms with E-state index in [9.17, 15) is 0 Å². The van der Waals surface area contributed by atoms with E-state index in [0.717, 1.165) is 44.5 Å². The topological polar surface area (TPSA) is 129 Å². The Morgan fingerprint density at radius 2 is 1.18 bits per heavy atom. The minimum Gasteiger partial charge on any atom is -0.259 e. The third-order valence-electron chi connectivity index (χ3n) is 4.37. The number of nitrogens with zero attached hydrogens (tertiary/aromatic N) is 10. The van der Waals surface area contributed by atoms with Gasteiger partial charge in [0, 0.05) is 23.0 Å². The average molecular weight is 436 g/mol. The van der Waals surface area contributed by atoms with Gasteiger partial charge in [0.15, 0.2) is 5.65 Å². The summed E-state index contributed by atoms with van der Waals surface area (Å²) in [6, 6.07) is 5.85. The normalized spacial score (nSPS) is 10.3. The third-order valence-corrected chi connectivity index (χ3v) is 4.37. The first-order valence-electron chi connectivity index (χ1n) is 10.0. The van der Waals surface area contributed by atoms with Crippen molar-refractivity contribution in [3.8, 4) is 0 Å². The predicted molar refractivity (Wildman–Crippen MR) is 124 cm³/mol. The molecule has 0 bridgehead atoms. The van der Waals surface area contributed by atoms with Gasteiger partial charge in [-0.15, -0.1) is 0 Å². The molecule has 6 heterocycles. The molecule has 0 spiro atoms. The summed E-state index contributed by atoms with van der Waals surface area (Å²) in [7, 11) is 0. The highest BCUT2D eigenvalue weighted by atomic mass is 14.9. The average Bonchev–Trinajstić information content (AvgIpc) is 2.84. The summed E-state index contributed by atoms with van der Waals surface area (Å²) in [5.74, 6) is 0. The van der Waals surface area contributed by atoms with Gasteiger partial charge in [-0.2, -0.15) is 0 Å². The Kier molecular flexibility index (Phi) is 6.64. The van der Waals surface area contributed by atoms with Crippen molar-refractivity contribution in [1.29, 1.82) is 0 Å². The molecule has 6 aromatic heterocycles. The molecule has 0 saturated heterocycles. The fraction of sp³-hybridized carbons (Fsp3) is 0.130. The zero-order valence-corrected chi connectivity index (χ0v) is 18.3. The number of rotatable bonds is 0. The van der Waals surface area contributed by atoms with Gasteiger partial charge in [0.2, 0.25) is 0 Å². The maximum atomic E-state index is 4.25. The van der Waals surface area contributed by atoms with Gasteiger partial charge in [-0.05, 0) is 39.0 Å². The summed E-state index contributed by atoms with van der Waals surface area (Å²) in [4.78, 5) is 40.3. The van der Waals surface area contributed by atoms with E-state index >= 15 is 0 Å². The summed E-state index contributed by atoms with van der Waals surface area (Å²) >= 11 is 0. The Labute approximate surface area is 189 Å². The van der Waals surface area contributed by atoms with Crippen LogP contribution in [0.2, 0.25) is 0 Å². The summed E-state index contributed by atoms with van der Waals surface area (Å²) < 4.78 is 0. The van der Waals surface area contributed by atoms with Crippen LogP contribution in [0.15, 0.2) is 68.2 Å². The van der Waals surface area contributed by atoms with Crippen molar-refractivity contribution in [2.45, 2.75) is 20.8 Å². The third kappa shape index (κ3) is 5.76. The lowest BCUT2D eigenvalue weighted by Crippen LogP contribution is -1.89. The maximum Gasteiger partial charge on any atom is 0.181 e. The van der Waals surface area contributed by atoms with Crippen molar-refractivity contribution in [3.63, 3.8) is 0 Å². The summed E-state index contributed by atoms with van der Waals surface area (Å²) in [5.41, 5.74) is 6.90. The number of hydrogen-bond donors (Lipinski definition) is 0.